The highest BCUT2D eigenvalue weighted by Crippen LogP contribution is 2.66. The Labute approximate surface area is 547 Å². The zero-order valence-electron chi connectivity index (χ0n) is 58.4. The molecule has 8 aliphatic carbocycles. The fourth-order valence-electron chi connectivity index (χ4n) is 19.5. The van der Waals surface area contributed by atoms with E-state index in [9.17, 15) is 20.4 Å². The van der Waals surface area contributed by atoms with E-state index in [1.165, 1.54) is 171 Å². The molecule has 0 aromatic heterocycles. The number of rotatable bonds is 18. The van der Waals surface area contributed by atoms with E-state index in [1.807, 2.05) is 13.8 Å². The fraction of sp³-hybridized carbons (Fsp3) is 0.628. The molecule has 4 N–H and O–H groups in total. The molecule has 4 heteroatoms. The average Bonchev–Trinajstić information content (AvgIpc) is 0.917. The molecule has 0 aliphatic heterocycles. The molecular formula is C86H122O4. The van der Waals surface area contributed by atoms with Crippen molar-refractivity contribution in [3.05, 3.63) is 166 Å². The lowest BCUT2D eigenvalue weighted by Crippen LogP contribution is -2.56. The first kappa shape index (κ1) is 68.5. The number of benzene rings is 6. The van der Waals surface area contributed by atoms with Gasteiger partial charge in [-0.1, -0.05) is 217 Å². The first-order valence-corrected chi connectivity index (χ1v) is 37.3. The van der Waals surface area contributed by atoms with Crippen LogP contribution in [0.5, 0.6) is 0 Å². The molecule has 0 saturated heterocycles. The van der Waals surface area contributed by atoms with Crippen LogP contribution in [-0.2, 0) is 22.4 Å². The van der Waals surface area contributed by atoms with E-state index in [1.54, 1.807) is 0 Å². The summed E-state index contributed by atoms with van der Waals surface area (Å²) >= 11 is 0. The molecule has 11 atom stereocenters. The van der Waals surface area contributed by atoms with Crippen LogP contribution >= 0.6 is 0 Å². The van der Waals surface area contributed by atoms with Gasteiger partial charge in [-0.3, -0.25) is 0 Å². The van der Waals surface area contributed by atoms with Crippen LogP contribution in [0.2, 0.25) is 0 Å². The second-order valence-electron chi connectivity index (χ2n) is 31.7. The van der Waals surface area contributed by atoms with Crippen molar-refractivity contribution in [2.75, 3.05) is 0 Å². The summed E-state index contributed by atoms with van der Waals surface area (Å²) in [5, 5.41) is 50.6. The molecule has 0 radical (unpaired) electrons. The van der Waals surface area contributed by atoms with Crippen LogP contribution in [0, 0.1) is 52.8 Å². The highest BCUT2D eigenvalue weighted by molar-refractivity contribution is 5.85. The van der Waals surface area contributed by atoms with Gasteiger partial charge in [0.2, 0.25) is 0 Å². The SMILES string of the molecule is CCC(C)c1ccc(C(O)(CC)C23CC4CC(CC(C4)C2)C3)cc1.CCC(C)c1ccc(C(O)(CC)C2CC3CCC2C3)cc1.CCC(C)c1ccc2cc(C(C)(O)C3CCCC3)ccc2c1.CCC(C)c1ccc2cc(C(C)(O)C3CCCCC3)ccc2c1. The Hall–Kier alpha value is -4.32. The fourth-order valence-corrected chi connectivity index (χ4v) is 19.5. The number of aliphatic hydroxyl groups is 4. The van der Waals surface area contributed by atoms with Crippen molar-refractivity contribution in [2.24, 2.45) is 52.8 Å². The summed E-state index contributed by atoms with van der Waals surface area (Å²) < 4.78 is 0. The zero-order valence-corrected chi connectivity index (χ0v) is 58.4. The lowest BCUT2D eigenvalue weighted by atomic mass is 9.44. The zero-order chi connectivity index (χ0) is 64.2. The molecule has 8 saturated carbocycles. The minimum Gasteiger partial charge on any atom is -0.385 e. The predicted octanol–water partition coefficient (Wildman–Crippen LogP) is 23.1. The van der Waals surface area contributed by atoms with Crippen molar-refractivity contribution < 1.29 is 20.4 Å². The van der Waals surface area contributed by atoms with Crippen LogP contribution in [0.4, 0.5) is 0 Å². The summed E-state index contributed by atoms with van der Waals surface area (Å²) in [6.07, 6.45) is 30.7. The minimum atomic E-state index is -0.704. The third kappa shape index (κ3) is 14.3. The Morgan fingerprint density at radius 1 is 0.378 bits per heavy atom. The molecule has 6 aromatic carbocycles. The second kappa shape index (κ2) is 29.1. The Morgan fingerprint density at radius 3 is 1.12 bits per heavy atom. The van der Waals surface area contributed by atoms with Crippen LogP contribution in [-0.4, -0.2) is 20.4 Å². The van der Waals surface area contributed by atoms with E-state index in [0.29, 0.717) is 41.4 Å². The molecule has 14 rings (SSSR count). The molecule has 6 bridgehead atoms. The maximum absolute atomic E-state index is 11.9. The number of hydrogen-bond acceptors (Lipinski definition) is 4. The summed E-state index contributed by atoms with van der Waals surface area (Å²) in [6, 6.07) is 44.4. The molecule has 490 valence electrons. The van der Waals surface area contributed by atoms with Gasteiger partial charge in [0.05, 0.1) is 22.4 Å². The van der Waals surface area contributed by atoms with Gasteiger partial charge in [-0.15, -0.1) is 0 Å². The standard InChI is InChI=1S/C23H34O.C22H30O.C21H28O.C20H30O/c1-4-16(3)20-6-8-21(9-7-20)23(24,5-2)22-13-17-10-18(14-22)12-19(11-17)15-22;1-4-16(2)17-10-11-19-15-21(13-12-18(19)14-17)22(3,23)20-8-6-5-7-9-20;1-4-15(2)16-9-10-18-14-20(12-11-17(18)13-16)21(3,22)19-7-5-6-8-19;1-4-14(3)16-8-10-18(11-9-16)20(21,5-2)19-13-15-6-7-17(19)12-15/h6-9,16-19,24H,4-5,10-15H2,1-3H3;10-16,20,23H,4-9H2,1-3H3;9-15,19,22H,4-8H2,1-3H3;8-11,14-15,17,19,21H,4-7,12-13H2,1-3H3. The quantitative estimate of drug-likeness (QED) is 0.0691. The smallest absolute Gasteiger partial charge is 0.0950 e. The molecule has 0 amide bonds. The van der Waals surface area contributed by atoms with Crippen molar-refractivity contribution in [1.82, 2.24) is 0 Å². The summed E-state index contributed by atoms with van der Waals surface area (Å²) in [5.74, 6) is 8.00. The van der Waals surface area contributed by atoms with Crippen molar-refractivity contribution in [3.63, 3.8) is 0 Å². The third-order valence-corrected chi connectivity index (χ3v) is 26.3. The van der Waals surface area contributed by atoms with Gasteiger partial charge in [0, 0.05) is 5.41 Å². The summed E-state index contributed by atoms with van der Waals surface area (Å²) in [5.41, 5.74) is 7.61. The topological polar surface area (TPSA) is 80.9 Å². The van der Waals surface area contributed by atoms with Gasteiger partial charge < -0.3 is 20.4 Å². The van der Waals surface area contributed by atoms with Crippen LogP contribution in [0.1, 0.15) is 312 Å². The minimum absolute atomic E-state index is 0.147. The molecular weight excluding hydrogens is 1100 g/mol. The average molecular weight is 1220 g/mol. The van der Waals surface area contributed by atoms with Crippen molar-refractivity contribution in [1.29, 1.82) is 0 Å². The predicted molar refractivity (Wildman–Crippen MR) is 381 cm³/mol. The Morgan fingerprint density at radius 2 is 0.744 bits per heavy atom. The van der Waals surface area contributed by atoms with Crippen LogP contribution < -0.4 is 0 Å². The first-order valence-electron chi connectivity index (χ1n) is 37.3. The highest BCUT2D eigenvalue weighted by atomic mass is 16.3. The molecule has 0 spiro atoms. The molecule has 8 aliphatic rings. The van der Waals surface area contributed by atoms with Crippen LogP contribution in [0.25, 0.3) is 21.5 Å². The summed E-state index contributed by atoms with van der Waals surface area (Å²) in [6.45, 7) is 26.4. The van der Waals surface area contributed by atoms with Gasteiger partial charge >= 0.3 is 0 Å². The van der Waals surface area contributed by atoms with E-state index in [2.05, 4.69) is 191 Å². The van der Waals surface area contributed by atoms with E-state index < -0.39 is 22.4 Å². The number of fused-ring (bicyclic) bond motifs is 4. The van der Waals surface area contributed by atoms with Crippen LogP contribution in [0.15, 0.2) is 121 Å². The number of hydrogen-bond donors (Lipinski definition) is 4. The lowest BCUT2D eigenvalue weighted by Gasteiger charge is -2.62. The Balaban J connectivity index is 0.000000132. The van der Waals surface area contributed by atoms with E-state index in [4.69, 9.17) is 0 Å². The van der Waals surface area contributed by atoms with Gasteiger partial charge in [0.15, 0.2) is 0 Å². The monoisotopic (exact) mass is 1220 g/mol. The highest BCUT2D eigenvalue weighted by Gasteiger charge is 2.60. The lowest BCUT2D eigenvalue weighted by molar-refractivity contribution is -0.186. The van der Waals surface area contributed by atoms with Crippen molar-refractivity contribution in [3.8, 4) is 0 Å². The molecule has 11 unspecified atom stereocenters. The van der Waals surface area contributed by atoms with Crippen molar-refractivity contribution in [2.45, 2.75) is 290 Å². The molecule has 4 nitrogen and oxygen atoms in total. The van der Waals surface area contributed by atoms with Crippen molar-refractivity contribution >= 4 is 21.5 Å². The maximum atomic E-state index is 11.9. The molecule has 8 fully saturated rings. The normalized spacial score (nSPS) is 27.8. The van der Waals surface area contributed by atoms with E-state index in [-0.39, 0.29) is 5.41 Å². The molecule has 6 aromatic rings. The van der Waals surface area contributed by atoms with Gasteiger partial charge in [0.1, 0.15) is 0 Å². The maximum Gasteiger partial charge on any atom is 0.0950 e. The Kier molecular flexibility index (Phi) is 22.2. The molecule has 0 heterocycles. The Bertz CT molecular complexity index is 3210. The third-order valence-electron chi connectivity index (χ3n) is 26.3. The summed E-state index contributed by atoms with van der Waals surface area (Å²) in [7, 11) is 0. The van der Waals surface area contributed by atoms with Gasteiger partial charge in [-0.25, -0.2) is 0 Å². The largest absolute Gasteiger partial charge is 0.385 e. The van der Waals surface area contributed by atoms with Gasteiger partial charge in [-0.2, -0.15) is 0 Å². The van der Waals surface area contributed by atoms with E-state index >= 15 is 0 Å². The van der Waals surface area contributed by atoms with Crippen LogP contribution in [0.3, 0.4) is 0 Å². The van der Waals surface area contributed by atoms with E-state index in [0.717, 1.165) is 84.8 Å². The second-order valence-corrected chi connectivity index (χ2v) is 31.7. The first-order chi connectivity index (χ1) is 43.1. The summed E-state index contributed by atoms with van der Waals surface area (Å²) in [4.78, 5) is 0. The molecule has 90 heavy (non-hydrogen) atoms. The van der Waals surface area contributed by atoms with Gasteiger partial charge in [0.25, 0.3) is 0 Å². The van der Waals surface area contributed by atoms with Gasteiger partial charge in [-0.05, 0) is 285 Å².